The topological polar surface area (TPSA) is 47.3 Å². The summed E-state index contributed by atoms with van der Waals surface area (Å²) in [7, 11) is 0. The average Bonchev–Trinajstić information content (AvgIpc) is 2.75. The molecule has 1 heterocycles. The quantitative estimate of drug-likeness (QED) is 0.609. The van der Waals surface area contributed by atoms with Gasteiger partial charge in [0.2, 0.25) is 0 Å². The first kappa shape index (κ1) is 11.4. The van der Waals surface area contributed by atoms with Crippen LogP contribution in [-0.4, -0.2) is 13.2 Å². The minimum atomic E-state index is -0.584. The third kappa shape index (κ3) is 2.21. The van der Waals surface area contributed by atoms with Crippen LogP contribution in [0.25, 0.3) is 0 Å². The Labute approximate surface area is 92.6 Å². The number of nitrogens with two attached hydrogens (primary N) is 1. The lowest BCUT2D eigenvalue weighted by Gasteiger charge is -2.22. The molecule has 1 aromatic carbocycles. The zero-order valence-corrected chi connectivity index (χ0v) is 8.75. The highest BCUT2D eigenvalue weighted by atomic mass is 19.1. The number of hydrogen-bond donors (Lipinski definition) is 2. The summed E-state index contributed by atoms with van der Waals surface area (Å²) in [6, 6.07) is 3.20. The summed E-state index contributed by atoms with van der Waals surface area (Å²) in [6.07, 6.45) is 0.825. The summed E-state index contributed by atoms with van der Waals surface area (Å²) in [5.74, 6) is 4.40. The largest absolute Gasteiger partial charge is 0.381 e. The number of rotatable bonds is 3. The molecule has 0 bridgehead atoms. The summed E-state index contributed by atoms with van der Waals surface area (Å²) in [5.41, 5.74) is 2.97. The molecule has 88 valence electrons. The van der Waals surface area contributed by atoms with Gasteiger partial charge in [-0.3, -0.25) is 11.3 Å². The van der Waals surface area contributed by atoms with Gasteiger partial charge in [-0.25, -0.2) is 8.78 Å². The molecule has 3 nitrogen and oxygen atoms in total. The second kappa shape index (κ2) is 4.86. The van der Waals surface area contributed by atoms with Crippen molar-refractivity contribution in [2.75, 3.05) is 13.2 Å². The maximum atomic E-state index is 13.6. The van der Waals surface area contributed by atoms with Crippen molar-refractivity contribution >= 4 is 0 Å². The third-order valence-electron chi connectivity index (χ3n) is 2.91. The minimum Gasteiger partial charge on any atom is -0.381 e. The maximum absolute atomic E-state index is 13.6. The molecule has 0 aromatic heterocycles. The van der Waals surface area contributed by atoms with Crippen molar-refractivity contribution in [1.29, 1.82) is 0 Å². The van der Waals surface area contributed by atoms with E-state index in [1.165, 1.54) is 12.1 Å². The van der Waals surface area contributed by atoms with E-state index in [0.717, 1.165) is 12.5 Å². The maximum Gasteiger partial charge on any atom is 0.130 e. The van der Waals surface area contributed by atoms with Crippen LogP contribution in [0.4, 0.5) is 8.78 Å². The molecule has 16 heavy (non-hydrogen) atoms. The summed E-state index contributed by atoms with van der Waals surface area (Å²) in [5, 5.41) is 0. The monoisotopic (exact) mass is 228 g/mol. The van der Waals surface area contributed by atoms with Gasteiger partial charge in [-0.1, -0.05) is 6.07 Å². The fourth-order valence-electron chi connectivity index (χ4n) is 2.05. The van der Waals surface area contributed by atoms with E-state index in [-0.39, 0.29) is 12.0 Å². The smallest absolute Gasteiger partial charge is 0.130 e. The molecular weight excluding hydrogens is 214 g/mol. The van der Waals surface area contributed by atoms with Crippen molar-refractivity contribution in [2.24, 2.45) is 11.8 Å². The van der Waals surface area contributed by atoms with Gasteiger partial charge in [-0.2, -0.15) is 0 Å². The van der Waals surface area contributed by atoms with Crippen LogP contribution in [0.3, 0.4) is 0 Å². The second-order valence-electron chi connectivity index (χ2n) is 3.93. The van der Waals surface area contributed by atoms with Crippen LogP contribution >= 0.6 is 0 Å². The molecule has 1 aliphatic rings. The number of benzene rings is 1. The number of ether oxygens (including phenoxy) is 1. The molecule has 1 saturated heterocycles. The third-order valence-corrected chi connectivity index (χ3v) is 2.91. The van der Waals surface area contributed by atoms with E-state index >= 15 is 0 Å². The first-order valence-electron chi connectivity index (χ1n) is 5.21. The lowest BCUT2D eigenvalue weighted by Crippen LogP contribution is -2.34. The van der Waals surface area contributed by atoms with Gasteiger partial charge in [-0.05, 0) is 12.5 Å². The van der Waals surface area contributed by atoms with Crippen molar-refractivity contribution in [3.63, 3.8) is 0 Å². The minimum absolute atomic E-state index is 0.130. The van der Waals surface area contributed by atoms with Gasteiger partial charge in [0.25, 0.3) is 0 Å². The fourth-order valence-corrected chi connectivity index (χ4v) is 2.05. The number of hydrogen-bond acceptors (Lipinski definition) is 3. The lowest BCUT2D eigenvalue weighted by atomic mass is 9.92. The van der Waals surface area contributed by atoms with E-state index in [2.05, 4.69) is 5.43 Å². The van der Waals surface area contributed by atoms with Crippen LogP contribution in [0.15, 0.2) is 18.2 Å². The van der Waals surface area contributed by atoms with Gasteiger partial charge in [0.05, 0.1) is 12.6 Å². The molecule has 0 spiro atoms. The predicted molar refractivity (Wildman–Crippen MR) is 55.3 cm³/mol. The molecule has 1 fully saturated rings. The van der Waals surface area contributed by atoms with E-state index in [1.807, 2.05) is 0 Å². The van der Waals surface area contributed by atoms with Crippen LogP contribution in [0, 0.1) is 17.6 Å². The van der Waals surface area contributed by atoms with Gasteiger partial charge < -0.3 is 4.74 Å². The normalized spacial score (nSPS) is 22.3. The molecule has 5 heteroatoms. The zero-order valence-electron chi connectivity index (χ0n) is 8.75. The molecule has 1 aromatic rings. The number of nitrogens with one attached hydrogen (secondary N) is 1. The fraction of sp³-hybridized carbons (Fsp3) is 0.455. The highest BCUT2D eigenvalue weighted by Gasteiger charge is 2.28. The predicted octanol–water partition coefficient (Wildman–Crippen LogP) is 1.51. The van der Waals surface area contributed by atoms with Crippen molar-refractivity contribution < 1.29 is 13.5 Å². The summed E-state index contributed by atoms with van der Waals surface area (Å²) < 4.78 is 31.6. The van der Waals surface area contributed by atoms with E-state index in [9.17, 15) is 8.78 Å². The van der Waals surface area contributed by atoms with Crippen molar-refractivity contribution in [3.05, 3.63) is 35.4 Å². The Morgan fingerprint density at radius 2 is 2.25 bits per heavy atom. The van der Waals surface area contributed by atoms with Gasteiger partial charge in [0, 0.05) is 24.2 Å². The average molecular weight is 228 g/mol. The van der Waals surface area contributed by atoms with E-state index in [4.69, 9.17) is 10.6 Å². The van der Waals surface area contributed by atoms with E-state index < -0.39 is 11.6 Å². The molecule has 0 radical (unpaired) electrons. The Kier molecular flexibility index (Phi) is 3.48. The van der Waals surface area contributed by atoms with Gasteiger partial charge in [-0.15, -0.1) is 0 Å². The van der Waals surface area contributed by atoms with Crippen LogP contribution < -0.4 is 11.3 Å². The molecule has 3 N–H and O–H groups in total. The second-order valence-corrected chi connectivity index (χ2v) is 3.93. The SMILES string of the molecule is NNC(c1ccc(F)cc1F)C1CCOC1. The standard InChI is InChI=1S/C11H14F2N2O/c12-8-1-2-9(10(13)5-8)11(15-14)7-3-4-16-6-7/h1-2,5,7,11,15H,3-4,6,14H2. The van der Waals surface area contributed by atoms with E-state index in [1.54, 1.807) is 0 Å². The molecule has 2 rings (SSSR count). The summed E-state index contributed by atoms with van der Waals surface area (Å²) in [4.78, 5) is 0. The zero-order chi connectivity index (χ0) is 11.5. The van der Waals surface area contributed by atoms with Crippen molar-refractivity contribution in [1.82, 2.24) is 5.43 Å². The van der Waals surface area contributed by atoms with Crippen molar-refractivity contribution in [2.45, 2.75) is 12.5 Å². The summed E-state index contributed by atoms with van der Waals surface area (Å²) in [6.45, 7) is 1.21. The van der Waals surface area contributed by atoms with Crippen LogP contribution in [0.1, 0.15) is 18.0 Å². The van der Waals surface area contributed by atoms with Gasteiger partial charge >= 0.3 is 0 Å². The molecule has 0 saturated carbocycles. The number of halogens is 2. The molecule has 0 amide bonds. The highest BCUT2D eigenvalue weighted by molar-refractivity contribution is 5.23. The van der Waals surface area contributed by atoms with Crippen LogP contribution in [-0.2, 0) is 4.74 Å². The van der Waals surface area contributed by atoms with Crippen LogP contribution in [0.5, 0.6) is 0 Å². The first-order chi connectivity index (χ1) is 7.72. The molecule has 2 atom stereocenters. The Morgan fingerprint density at radius 1 is 1.44 bits per heavy atom. The lowest BCUT2D eigenvalue weighted by molar-refractivity contribution is 0.176. The van der Waals surface area contributed by atoms with E-state index in [0.29, 0.717) is 18.8 Å². The Hall–Kier alpha value is -1.04. The molecule has 2 unspecified atom stereocenters. The molecule has 0 aliphatic carbocycles. The first-order valence-corrected chi connectivity index (χ1v) is 5.21. The van der Waals surface area contributed by atoms with Gasteiger partial charge in [0.1, 0.15) is 11.6 Å². The summed E-state index contributed by atoms with van der Waals surface area (Å²) >= 11 is 0. The highest BCUT2D eigenvalue weighted by Crippen LogP contribution is 2.29. The molecular formula is C11H14F2N2O. The Morgan fingerprint density at radius 3 is 2.81 bits per heavy atom. The Bertz CT molecular complexity index is 367. The Balaban J connectivity index is 2.25. The van der Waals surface area contributed by atoms with Crippen LogP contribution in [0.2, 0.25) is 0 Å². The molecule has 1 aliphatic heterocycles. The van der Waals surface area contributed by atoms with Crippen molar-refractivity contribution in [3.8, 4) is 0 Å². The number of hydrazine groups is 1. The van der Waals surface area contributed by atoms with Gasteiger partial charge in [0.15, 0.2) is 0 Å².